The van der Waals surface area contributed by atoms with Crippen molar-refractivity contribution < 1.29 is 18.0 Å². The van der Waals surface area contributed by atoms with Crippen LogP contribution in [0.3, 0.4) is 0 Å². The van der Waals surface area contributed by atoms with Gasteiger partial charge in [0.1, 0.15) is 12.6 Å². The predicted octanol–water partition coefficient (Wildman–Crippen LogP) is 4.85. The Morgan fingerprint density at radius 3 is 2.36 bits per heavy atom. The van der Waals surface area contributed by atoms with Gasteiger partial charge in [-0.05, 0) is 68.5 Å². The van der Waals surface area contributed by atoms with E-state index in [4.69, 9.17) is 23.2 Å². The highest BCUT2D eigenvalue weighted by Gasteiger charge is 2.32. The standard InChI is InChI=1S/C26H33Cl2N3O4S/c1-17-9-10-18(2)24(13-17)31(36(4,34)35)16-25(32)30(15-20-11-12-21(27)14-23(20)28)19(3)26(33)29-22-7-5-6-8-22/h9-14,19,22H,5-8,15-16H2,1-4H3,(H,29,33)/t19-/m1/s1. The van der Waals surface area contributed by atoms with E-state index in [0.717, 1.165) is 47.4 Å². The van der Waals surface area contributed by atoms with Crippen molar-refractivity contribution in [3.63, 3.8) is 0 Å². The maximum Gasteiger partial charge on any atom is 0.244 e. The van der Waals surface area contributed by atoms with E-state index in [9.17, 15) is 18.0 Å². The summed E-state index contributed by atoms with van der Waals surface area (Å²) in [4.78, 5) is 28.2. The molecule has 0 heterocycles. The highest BCUT2D eigenvalue weighted by molar-refractivity contribution is 7.92. The number of carbonyl (C=O) groups excluding carboxylic acids is 2. The Kier molecular flexibility index (Phi) is 9.30. The molecule has 0 unspecified atom stereocenters. The number of benzene rings is 2. The number of hydrogen-bond acceptors (Lipinski definition) is 4. The molecule has 196 valence electrons. The Morgan fingerprint density at radius 2 is 1.75 bits per heavy atom. The van der Waals surface area contributed by atoms with Gasteiger partial charge in [-0.2, -0.15) is 0 Å². The molecule has 0 bridgehead atoms. The highest BCUT2D eigenvalue weighted by Crippen LogP contribution is 2.26. The van der Waals surface area contributed by atoms with Crippen LogP contribution in [-0.4, -0.2) is 50.0 Å². The number of sulfonamides is 1. The third-order valence-corrected chi connectivity index (χ3v) is 8.25. The van der Waals surface area contributed by atoms with Gasteiger partial charge >= 0.3 is 0 Å². The van der Waals surface area contributed by atoms with Crippen molar-refractivity contribution in [2.24, 2.45) is 0 Å². The Labute approximate surface area is 223 Å². The Balaban J connectivity index is 1.94. The molecule has 2 aromatic carbocycles. The summed E-state index contributed by atoms with van der Waals surface area (Å²) < 4.78 is 26.6. The molecule has 1 aliphatic rings. The minimum absolute atomic E-state index is 0.0263. The Hall–Kier alpha value is -2.29. The highest BCUT2D eigenvalue weighted by atomic mass is 35.5. The van der Waals surface area contributed by atoms with Gasteiger partial charge in [0.15, 0.2) is 0 Å². The molecule has 1 fully saturated rings. The fourth-order valence-corrected chi connectivity index (χ4v) is 5.76. The number of rotatable bonds is 9. The molecule has 1 aliphatic carbocycles. The summed E-state index contributed by atoms with van der Waals surface area (Å²) >= 11 is 12.4. The lowest BCUT2D eigenvalue weighted by Gasteiger charge is -2.32. The van der Waals surface area contributed by atoms with Crippen LogP contribution in [0.2, 0.25) is 10.0 Å². The molecule has 10 heteroatoms. The third kappa shape index (κ3) is 7.14. The average Bonchev–Trinajstić information content (AvgIpc) is 3.30. The summed E-state index contributed by atoms with van der Waals surface area (Å²) in [6.45, 7) is 4.87. The van der Waals surface area contributed by atoms with Crippen LogP contribution in [0.5, 0.6) is 0 Å². The number of nitrogens with one attached hydrogen (secondary N) is 1. The smallest absolute Gasteiger partial charge is 0.244 e. The fourth-order valence-electron chi connectivity index (χ4n) is 4.39. The molecule has 0 saturated heterocycles. The molecule has 0 aromatic heterocycles. The molecular formula is C26H33Cl2N3O4S. The van der Waals surface area contributed by atoms with Gasteiger partial charge in [-0.1, -0.05) is 54.2 Å². The quantitative estimate of drug-likeness (QED) is 0.480. The first kappa shape index (κ1) is 28.3. The molecule has 7 nitrogen and oxygen atoms in total. The van der Waals surface area contributed by atoms with Gasteiger partial charge in [-0.15, -0.1) is 0 Å². The predicted molar refractivity (Wildman–Crippen MR) is 145 cm³/mol. The first-order valence-electron chi connectivity index (χ1n) is 12.0. The second-order valence-corrected chi connectivity index (χ2v) is 12.2. The number of amides is 2. The van der Waals surface area contributed by atoms with Crippen LogP contribution in [0.4, 0.5) is 5.69 Å². The summed E-state index contributed by atoms with van der Waals surface area (Å²) in [5, 5.41) is 3.85. The lowest BCUT2D eigenvalue weighted by molar-refractivity contribution is -0.139. The van der Waals surface area contributed by atoms with E-state index in [1.807, 2.05) is 19.1 Å². The molecule has 3 rings (SSSR count). The number of anilines is 1. The minimum atomic E-state index is -3.80. The average molecular weight is 555 g/mol. The van der Waals surface area contributed by atoms with Crippen molar-refractivity contribution in [3.8, 4) is 0 Å². The number of carbonyl (C=O) groups is 2. The summed E-state index contributed by atoms with van der Waals surface area (Å²) in [7, 11) is -3.80. The molecular weight excluding hydrogens is 521 g/mol. The van der Waals surface area contributed by atoms with Gasteiger partial charge < -0.3 is 10.2 Å². The number of halogens is 2. The van der Waals surface area contributed by atoms with Crippen molar-refractivity contribution >= 4 is 50.7 Å². The molecule has 1 N–H and O–H groups in total. The molecule has 36 heavy (non-hydrogen) atoms. The van der Waals surface area contributed by atoms with Crippen LogP contribution in [0.25, 0.3) is 0 Å². The van der Waals surface area contributed by atoms with Crippen molar-refractivity contribution in [2.45, 2.75) is 65.1 Å². The molecule has 0 spiro atoms. The summed E-state index contributed by atoms with van der Waals surface area (Å²) in [5.41, 5.74) is 2.62. The van der Waals surface area contributed by atoms with Crippen molar-refractivity contribution in [3.05, 3.63) is 63.1 Å². The molecule has 1 saturated carbocycles. The zero-order valence-electron chi connectivity index (χ0n) is 21.1. The maximum absolute atomic E-state index is 13.7. The van der Waals surface area contributed by atoms with E-state index >= 15 is 0 Å². The van der Waals surface area contributed by atoms with E-state index in [0.29, 0.717) is 21.3 Å². The first-order chi connectivity index (χ1) is 16.9. The fraction of sp³-hybridized carbons (Fsp3) is 0.462. The molecule has 0 aliphatic heterocycles. The van der Waals surface area contributed by atoms with Crippen LogP contribution in [0, 0.1) is 13.8 Å². The van der Waals surface area contributed by atoms with Crippen molar-refractivity contribution in [1.82, 2.24) is 10.2 Å². The minimum Gasteiger partial charge on any atom is -0.352 e. The van der Waals surface area contributed by atoms with E-state index in [-0.39, 0.29) is 18.5 Å². The monoisotopic (exact) mass is 553 g/mol. The largest absolute Gasteiger partial charge is 0.352 e. The summed E-state index contributed by atoms with van der Waals surface area (Å²) in [5.74, 6) is -0.792. The van der Waals surface area contributed by atoms with Gasteiger partial charge in [0.25, 0.3) is 0 Å². The number of hydrogen-bond donors (Lipinski definition) is 1. The van der Waals surface area contributed by atoms with Crippen LogP contribution < -0.4 is 9.62 Å². The normalized spacial score (nSPS) is 14.9. The van der Waals surface area contributed by atoms with E-state index in [1.165, 1.54) is 4.90 Å². The maximum atomic E-state index is 13.7. The zero-order chi connectivity index (χ0) is 26.6. The Morgan fingerprint density at radius 1 is 1.08 bits per heavy atom. The number of aryl methyl sites for hydroxylation is 2. The molecule has 2 aromatic rings. The summed E-state index contributed by atoms with van der Waals surface area (Å²) in [6.07, 6.45) is 5.00. The van der Waals surface area contributed by atoms with Gasteiger partial charge in [-0.25, -0.2) is 8.42 Å². The molecule has 1 atom stereocenters. The zero-order valence-corrected chi connectivity index (χ0v) is 23.4. The van der Waals surface area contributed by atoms with Crippen LogP contribution >= 0.6 is 23.2 Å². The van der Waals surface area contributed by atoms with Crippen molar-refractivity contribution in [2.75, 3.05) is 17.1 Å². The second-order valence-electron chi connectivity index (χ2n) is 9.48. The van der Waals surface area contributed by atoms with Gasteiger partial charge in [0.05, 0.1) is 11.9 Å². The topological polar surface area (TPSA) is 86.8 Å². The van der Waals surface area contributed by atoms with E-state index in [2.05, 4.69) is 5.32 Å². The van der Waals surface area contributed by atoms with Gasteiger partial charge in [0.2, 0.25) is 21.8 Å². The van der Waals surface area contributed by atoms with Crippen LogP contribution in [-0.2, 0) is 26.2 Å². The van der Waals surface area contributed by atoms with Gasteiger partial charge in [-0.3, -0.25) is 13.9 Å². The first-order valence-corrected chi connectivity index (χ1v) is 14.6. The summed E-state index contributed by atoms with van der Waals surface area (Å²) in [6, 6.07) is 9.60. The van der Waals surface area contributed by atoms with E-state index in [1.54, 1.807) is 38.1 Å². The molecule has 2 amide bonds. The second kappa shape index (κ2) is 11.8. The lowest BCUT2D eigenvalue weighted by atomic mass is 10.1. The van der Waals surface area contributed by atoms with Crippen LogP contribution in [0.1, 0.15) is 49.3 Å². The number of nitrogens with zero attached hydrogens (tertiary/aromatic N) is 2. The van der Waals surface area contributed by atoms with Crippen LogP contribution in [0.15, 0.2) is 36.4 Å². The molecule has 0 radical (unpaired) electrons. The lowest BCUT2D eigenvalue weighted by Crippen LogP contribution is -2.52. The van der Waals surface area contributed by atoms with E-state index < -0.39 is 28.5 Å². The SMILES string of the molecule is Cc1ccc(C)c(N(CC(=O)N(Cc2ccc(Cl)cc2Cl)[C@H](C)C(=O)NC2CCCC2)S(C)(=O)=O)c1. The Bertz CT molecular complexity index is 1230. The van der Waals surface area contributed by atoms with Gasteiger partial charge in [0, 0.05) is 22.6 Å². The third-order valence-electron chi connectivity index (χ3n) is 6.54. The van der Waals surface area contributed by atoms with Crippen molar-refractivity contribution in [1.29, 1.82) is 0 Å².